The smallest absolute Gasteiger partial charge is 0.231 e. The highest BCUT2D eigenvalue weighted by atomic mass is 32.1. The summed E-state index contributed by atoms with van der Waals surface area (Å²) in [6.45, 7) is 0.856. The molecule has 1 aliphatic rings. The van der Waals surface area contributed by atoms with Crippen molar-refractivity contribution in [2.75, 3.05) is 25.5 Å². The van der Waals surface area contributed by atoms with Crippen LogP contribution in [-0.4, -0.2) is 47.1 Å². The van der Waals surface area contributed by atoms with E-state index in [2.05, 4.69) is 15.5 Å². The lowest BCUT2D eigenvalue weighted by molar-refractivity contribution is -0.128. The van der Waals surface area contributed by atoms with Crippen molar-refractivity contribution in [3.05, 3.63) is 70.5 Å². The third kappa shape index (κ3) is 5.28. The summed E-state index contributed by atoms with van der Waals surface area (Å²) < 4.78 is 18.4. The molecular formula is C23H23FN4O3S. The molecule has 2 heterocycles. The highest BCUT2D eigenvalue weighted by Crippen LogP contribution is 2.25. The Morgan fingerprint density at radius 3 is 2.78 bits per heavy atom. The van der Waals surface area contributed by atoms with E-state index in [0.717, 1.165) is 21.9 Å². The number of rotatable bonds is 8. The second-order valence-electron chi connectivity index (χ2n) is 7.60. The number of likely N-dealkylation sites (tertiary alicyclic amines) is 1. The van der Waals surface area contributed by atoms with Crippen molar-refractivity contribution in [2.45, 2.75) is 19.3 Å². The zero-order valence-corrected chi connectivity index (χ0v) is 18.4. The molecule has 2 amide bonds. The molecule has 1 fully saturated rings. The average molecular weight is 455 g/mol. The second kappa shape index (κ2) is 9.86. The Kier molecular flexibility index (Phi) is 6.75. The summed E-state index contributed by atoms with van der Waals surface area (Å²) in [7, 11) is 1.62. The number of carbonyl (C=O) groups excluding carboxylic acids is 2. The van der Waals surface area contributed by atoms with Crippen molar-refractivity contribution in [2.24, 2.45) is 5.92 Å². The first-order chi connectivity index (χ1) is 15.5. The van der Waals surface area contributed by atoms with Crippen molar-refractivity contribution in [1.82, 2.24) is 15.1 Å². The van der Waals surface area contributed by atoms with Gasteiger partial charge in [0.1, 0.15) is 16.6 Å². The number of hydrogen-bond donors (Lipinski definition) is 1. The fraction of sp³-hybridized carbons (Fsp3) is 0.304. The predicted octanol–water partition coefficient (Wildman–Crippen LogP) is 3.31. The van der Waals surface area contributed by atoms with Gasteiger partial charge in [0.25, 0.3) is 0 Å². The van der Waals surface area contributed by atoms with Crippen LogP contribution < -0.4 is 10.1 Å². The molecule has 1 N–H and O–H groups in total. The number of aromatic nitrogens is 2. The maximum absolute atomic E-state index is 13.0. The zero-order chi connectivity index (χ0) is 22.5. The molecule has 1 atom stereocenters. The molecule has 1 aliphatic heterocycles. The summed E-state index contributed by atoms with van der Waals surface area (Å²) in [6, 6.07) is 13.9. The van der Waals surface area contributed by atoms with Gasteiger partial charge in [0, 0.05) is 31.5 Å². The summed E-state index contributed by atoms with van der Waals surface area (Å²) in [5.74, 6) is -0.231. The van der Waals surface area contributed by atoms with E-state index in [-0.39, 0.29) is 24.1 Å². The molecule has 4 rings (SSSR count). The molecule has 1 aromatic heterocycles. The number of anilines is 1. The molecule has 9 heteroatoms. The van der Waals surface area contributed by atoms with Crippen molar-refractivity contribution >= 4 is 28.3 Å². The van der Waals surface area contributed by atoms with Crippen LogP contribution in [0.4, 0.5) is 9.52 Å². The third-order valence-electron chi connectivity index (χ3n) is 5.40. The van der Waals surface area contributed by atoms with Gasteiger partial charge in [-0.2, -0.15) is 0 Å². The lowest BCUT2D eigenvalue weighted by Gasteiger charge is -2.16. The number of hydrogen-bond acceptors (Lipinski definition) is 6. The summed E-state index contributed by atoms with van der Waals surface area (Å²) in [4.78, 5) is 26.7. The second-order valence-corrected chi connectivity index (χ2v) is 8.66. The Labute approximate surface area is 189 Å². The van der Waals surface area contributed by atoms with Gasteiger partial charge in [0.05, 0.1) is 13.0 Å². The molecule has 0 radical (unpaired) electrons. The fourth-order valence-electron chi connectivity index (χ4n) is 3.67. The topological polar surface area (TPSA) is 84.4 Å². The van der Waals surface area contributed by atoms with E-state index in [1.165, 1.54) is 23.5 Å². The van der Waals surface area contributed by atoms with Crippen LogP contribution >= 0.6 is 11.3 Å². The number of carbonyl (C=O) groups is 2. The minimum atomic E-state index is -0.433. The normalized spacial score (nSPS) is 15.8. The van der Waals surface area contributed by atoms with Crippen molar-refractivity contribution < 1.29 is 18.7 Å². The fourth-order valence-corrected chi connectivity index (χ4v) is 4.44. The van der Waals surface area contributed by atoms with Gasteiger partial charge in [-0.3, -0.25) is 9.59 Å². The van der Waals surface area contributed by atoms with Gasteiger partial charge in [-0.25, -0.2) is 4.39 Å². The molecule has 0 bridgehead atoms. The molecule has 0 aliphatic carbocycles. The third-order valence-corrected chi connectivity index (χ3v) is 6.24. The standard InChI is InChI=1S/C23H23FN4O3S/c1-31-19-5-3-2-4-16(19)12-20-26-27-23(32-20)25-22(30)17-13-21(29)28(14-17)11-10-15-6-8-18(24)9-7-15/h2-9,17H,10-14H2,1H3,(H,25,27,30)/t17-/m1/s1. The van der Waals surface area contributed by atoms with Crippen molar-refractivity contribution in [3.8, 4) is 5.75 Å². The first-order valence-electron chi connectivity index (χ1n) is 10.3. The van der Waals surface area contributed by atoms with Crippen LogP contribution in [0.2, 0.25) is 0 Å². The number of nitrogens with zero attached hydrogens (tertiary/aromatic N) is 3. The van der Waals surface area contributed by atoms with Gasteiger partial charge < -0.3 is 15.0 Å². The number of amides is 2. The monoisotopic (exact) mass is 454 g/mol. The molecule has 0 spiro atoms. The number of benzene rings is 2. The Balaban J connectivity index is 1.30. The molecule has 32 heavy (non-hydrogen) atoms. The maximum atomic E-state index is 13.0. The lowest BCUT2D eigenvalue weighted by Crippen LogP contribution is -2.30. The van der Waals surface area contributed by atoms with Gasteiger partial charge in [0.2, 0.25) is 16.9 Å². The number of halogens is 1. The van der Waals surface area contributed by atoms with Gasteiger partial charge in [-0.05, 0) is 30.2 Å². The van der Waals surface area contributed by atoms with Crippen molar-refractivity contribution in [3.63, 3.8) is 0 Å². The van der Waals surface area contributed by atoms with Crippen molar-refractivity contribution in [1.29, 1.82) is 0 Å². The van der Waals surface area contributed by atoms with E-state index >= 15 is 0 Å². The van der Waals surface area contributed by atoms with Crippen LogP contribution in [0.5, 0.6) is 5.75 Å². The number of nitrogens with one attached hydrogen (secondary N) is 1. The summed E-state index contributed by atoms with van der Waals surface area (Å²) in [6.07, 6.45) is 1.34. The number of para-hydroxylation sites is 1. The molecule has 7 nitrogen and oxygen atoms in total. The first-order valence-corrected chi connectivity index (χ1v) is 11.1. The zero-order valence-electron chi connectivity index (χ0n) is 17.6. The first kappa shape index (κ1) is 21.9. The summed E-state index contributed by atoms with van der Waals surface area (Å²) >= 11 is 1.31. The molecule has 3 aromatic rings. The van der Waals surface area contributed by atoms with Crippen LogP contribution in [-0.2, 0) is 22.4 Å². The lowest BCUT2D eigenvalue weighted by atomic mass is 10.1. The highest BCUT2D eigenvalue weighted by Gasteiger charge is 2.34. The summed E-state index contributed by atoms with van der Waals surface area (Å²) in [5.41, 5.74) is 1.94. The van der Waals surface area contributed by atoms with E-state index in [0.29, 0.717) is 31.1 Å². The Hall–Kier alpha value is -3.33. The Morgan fingerprint density at radius 2 is 2.00 bits per heavy atom. The van der Waals surface area contributed by atoms with Crippen LogP contribution in [0.25, 0.3) is 0 Å². The predicted molar refractivity (Wildman–Crippen MR) is 119 cm³/mol. The maximum Gasteiger partial charge on any atom is 0.231 e. The summed E-state index contributed by atoms with van der Waals surface area (Å²) in [5, 5.41) is 12.2. The molecule has 1 saturated heterocycles. The van der Waals surface area contributed by atoms with E-state index in [1.807, 2.05) is 24.3 Å². The Morgan fingerprint density at radius 1 is 1.22 bits per heavy atom. The minimum Gasteiger partial charge on any atom is -0.496 e. The number of methoxy groups -OCH3 is 1. The van der Waals surface area contributed by atoms with Gasteiger partial charge in [0.15, 0.2) is 0 Å². The van der Waals surface area contributed by atoms with Gasteiger partial charge in [-0.1, -0.05) is 41.7 Å². The SMILES string of the molecule is COc1ccccc1Cc1nnc(NC(=O)[C@@H]2CC(=O)N(CCc3ccc(F)cc3)C2)s1. The van der Waals surface area contributed by atoms with Crippen LogP contribution in [0, 0.1) is 11.7 Å². The molecular weight excluding hydrogens is 431 g/mol. The number of ether oxygens (including phenoxy) is 1. The average Bonchev–Trinajstić information content (AvgIpc) is 3.39. The van der Waals surface area contributed by atoms with Gasteiger partial charge >= 0.3 is 0 Å². The largest absolute Gasteiger partial charge is 0.496 e. The van der Waals surface area contributed by atoms with Crippen LogP contribution in [0.3, 0.4) is 0 Å². The highest BCUT2D eigenvalue weighted by molar-refractivity contribution is 7.15. The molecule has 2 aromatic carbocycles. The van der Waals surface area contributed by atoms with E-state index in [1.54, 1.807) is 24.1 Å². The quantitative estimate of drug-likeness (QED) is 0.565. The van der Waals surface area contributed by atoms with E-state index in [9.17, 15) is 14.0 Å². The molecule has 0 unspecified atom stereocenters. The van der Waals surface area contributed by atoms with Crippen LogP contribution in [0.15, 0.2) is 48.5 Å². The van der Waals surface area contributed by atoms with Gasteiger partial charge in [-0.15, -0.1) is 10.2 Å². The van der Waals surface area contributed by atoms with Crippen LogP contribution in [0.1, 0.15) is 22.6 Å². The van der Waals surface area contributed by atoms with E-state index in [4.69, 9.17) is 4.74 Å². The minimum absolute atomic E-state index is 0.0543. The molecule has 0 saturated carbocycles. The molecule has 166 valence electrons. The van der Waals surface area contributed by atoms with E-state index < -0.39 is 5.92 Å². The Bertz CT molecular complexity index is 1100.